The van der Waals surface area contributed by atoms with Gasteiger partial charge in [0.2, 0.25) is 5.82 Å². The largest absolute Gasteiger partial charge is 0.478 e. The lowest BCUT2D eigenvalue weighted by Gasteiger charge is -2.49. The number of aromatic nitrogens is 6. The summed E-state index contributed by atoms with van der Waals surface area (Å²) in [7, 11) is 1.39. The van der Waals surface area contributed by atoms with E-state index in [1.165, 1.54) is 13.3 Å². The molecule has 2 aliphatic rings. The van der Waals surface area contributed by atoms with Gasteiger partial charge >= 0.3 is 6.18 Å². The van der Waals surface area contributed by atoms with Crippen LogP contribution in [-0.2, 0) is 12.7 Å². The first-order valence-electron chi connectivity index (χ1n) is 10.5. The molecular formula is C20H21F5N8O. The van der Waals surface area contributed by atoms with Gasteiger partial charge < -0.3 is 14.5 Å². The van der Waals surface area contributed by atoms with Crippen molar-refractivity contribution in [2.45, 2.75) is 32.5 Å². The second kappa shape index (κ2) is 7.87. The molecule has 2 aliphatic heterocycles. The van der Waals surface area contributed by atoms with Crippen LogP contribution in [0.5, 0.6) is 5.88 Å². The Labute approximate surface area is 190 Å². The summed E-state index contributed by atoms with van der Waals surface area (Å²) in [5.41, 5.74) is 1.34. The minimum Gasteiger partial charge on any atom is -0.478 e. The lowest BCUT2D eigenvalue weighted by molar-refractivity contribution is -0.145. The highest BCUT2D eigenvalue weighted by Gasteiger charge is 2.49. The Morgan fingerprint density at radius 3 is 2.47 bits per heavy atom. The summed E-state index contributed by atoms with van der Waals surface area (Å²) >= 11 is 0. The number of anilines is 2. The van der Waals surface area contributed by atoms with Crippen molar-refractivity contribution in [2.24, 2.45) is 5.41 Å². The van der Waals surface area contributed by atoms with E-state index in [9.17, 15) is 22.0 Å². The number of alkyl halides is 5. The van der Waals surface area contributed by atoms with Crippen molar-refractivity contribution >= 4 is 22.7 Å². The summed E-state index contributed by atoms with van der Waals surface area (Å²) in [5.74, 6) is -0.459. The molecule has 5 heterocycles. The number of aryl methyl sites for hydroxylation is 1. The Balaban J connectivity index is 1.31. The fourth-order valence-corrected chi connectivity index (χ4v) is 4.68. The van der Waals surface area contributed by atoms with Crippen LogP contribution in [0.15, 0.2) is 12.4 Å². The second-order valence-corrected chi connectivity index (χ2v) is 8.67. The number of hydrogen-bond donors (Lipinski definition) is 0. The van der Waals surface area contributed by atoms with Crippen molar-refractivity contribution < 1.29 is 26.7 Å². The molecule has 0 N–H and O–H groups in total. The maximum absolute atomic E-state index is 13.0. The average Bonchev–Trinajstić information content (AvgIpc) is 3.34. The van der Waals surface area contributed by atoms with Gasteiger partial charge in [-0.15, -0.1) is 5.10 Å². The SMILES string of the molecule is COc1nn(CC(F)F)c2nc(N3CCC4(C3)CN(c3cnc(C(F)(F)F)nc3C)C4)cnc12. The van der Waals surface area contributed by atoms with Crippen LogP contribution in [0, 0.1) is 12.3 Å². The van der Waals surface area contributed by atoms with E-state index in [2.05, 4.69) is 25.0 Å². The molecule has 9 nitrogen and oxygen atoms in total. The summed E-state index contributed by atoms with van der Waals surface area (Å²) in [6, 6.07) is 0. The summed E-state index contributed by atoms with van der Waals surface area (Å²) < 4.78 is 70.7. The summed E-state index contributed by atoms with van der Waals surface area (Å²) in [5, 5.41) is 4.03. The van der Waals surface area contributed by atoms with Gasteiger partial charge in [-0.25, -0.2) is 33.4 Å². The molecule has 2 saturated heterocycles. The smallest absolute Gasteiger partial charge is 0.451 e. The predicted molar refractivity (Wildman–Crippen MR) is 111 cm³/mol. The fourth-order valence-electron chi connectivity index (χ4n) is 4.68. The van der Waals surface area contributed by atoms with Crippen molar-refractivity contribution in [3.05, 3.63) is 23.9 Å². The van der Waals surface area contributed by atoms with Crippen LogP contribution in [0.25, 0.3) is 11.2 Å². The van der Waals surface area contributed by atoms with Crippen molar-refractivity contribution in [1.29, 1.82) is 0 Å². The number of halogens is 5. The molecule has 0 radical (unpaired) electrons. The predicted octanol–water partition coefficient (Wildman–Crippen LogP) is 2.93. The molecule has 1 spiro atoms. The first kappa shape index (κ1) is 22.5. The van der Waals surface area contributed by atoms with Gasteiger partial charge in [0.15, 0.2) is 11.2 Å². The summed E-state index contributed by atoms with van der Waals surface area (Å²) in [6.07, 6.45) is -3.54. The van der Waals surface area contributed by atoms with Gasteiger partial charge in [0.05, 0.1) is 30.9 Å². The quantitative estimate of drug-likeness (QED) is 0.512. The molecule has 3 aromatic rings. The third-order valence-corrected chi connectivity index (χ3v) is 6.27. The molecule has 34 heavy (non-hydrogen) atoms. The highest BCUT2D eigenvalue weighted by Crippen LogP contribution is 2.43. The molecule has 182 valence electrons. The number of rotatable bonds is 5. The molecule has 0 amide bonds. The second-order valence-electron chi connectivity index (χ2n) is 8.67. The minimum absolute atomic E-state index is 0.0628. The van der Waals surface area contributed by atoms with Crippen molar-refractivity contribution in [3.8, 4) is 5.88 Å². The molecule has 2 fully saturated rings. The topological polar surface area (TPSA) is 85.1 Å². The van der Waals surface area contributed by atoms with E-state index < -0.39 is 25.0 Å². The van der Waals surface area contributed by atoms with Crippen LogP contribution >= 0.6 is 0 Å². The van der Waals surface area contributed by atoms with Crippen LogP contribution in [0.1, 0.15) is 17.9 Å². The van der Waals surface area contributed by atoms with Crippen molar-refractivity contribution in [1.82, 2.24) is 29.7 Å². The number of methoxy groups -OCH3 is 1. The molecule has 0 atom stereocenters. The van der Waals surface area contributed by atoms with Crippen LogP contribution in [0.3, 0.4) is 0 Å². The third-order valence-electron chi connectivity index (χ3n) is 6.27. The standard InChI is InChI=1S/C20H21F5N8O/c1-11-12(5-27-18(28-11)20(23,24)25)32-9-19(10-32)3-4-31(8-19)14-6-26-15-16(29-14)33(7-13(21)22)30-17(15)34-2/h5-6,13H,3-4,7-10H2,1-2H3. The molecule has 3 aromatic heterocycles. The fraction of sp³-hybridized carbons (Fsp3) is 0.550. The Morgan fingerprint density at radius 1 is 1.09 bits per heavy atom. The maximum Gasteiger partial charge on any atom is 0.451 e. The van der Waals surface area contributed by atoms with E-state index >= 15 is 0 Å². The zero-order valence-electron chi connectivity index (χ0n) is 18.4. The van der Waals surface area contributed by atoms with Gasteiger partial charge in [0.1, 0.15) is 12.4 Å². The number of hydrogen-bond acceptors (Lipinski definition) is 8. The zero-order chi connectivity index (χ0) is 24.3. The van der Waals surface area contributed by atoms with Gasteiger partial charge in [-0.05, 0) is 13.3 Å². The van der Waals surface area contributed by atoms with Crippen LogP contribution in [-0.4, -0.2) is 69.4 Å². The molecule has 0 aliphatic carbocycles. The molecular weight excluding hydrogens is 463 g/mol. The normalized spacial score (nSPS) is 17.8. The Hall–Kier alpha value is -3.32. The van der Waals surface area contributed by atoms with E-state index in [0.717, 1.165) is 11.1 Å². The van der Waals surface area contributed by atoms with Gasteiger partial charge in [-0.3, -0.25) is 0 Å². The van der Waals surface area contributed by atoms with E-state index in [1.807, 2.05) is 9.80 Å². The zero-order valence-corrected chi connectivity index (χ0v) is 18.4. The van der Waals surface area contributed by atoms with Crippen molar-refractivity contribution in [3.63, 3.8) is 0 Å². The molecule has 5 rings (SSSR count). The first-order chi connectivity index (χ1) is 16.1. The Morgan fingerprint density at radius 2 is 1.82 bits per heavy atom. The summed E-state index contributed by atoms with van der Waals surface area (Å²) in [6.45, 7) is 3.56. The molecule has 14 heteroatoms. The average molecular weight is 484 g/mol. The van der Waals surface area contributed by atoms with Gasteiger partial charge in [-0.1, -0.05) is 0 Å². The number of nitrogens with zero attached hydrogens (tertiary/aromatic N) is 8. The maximum atomic E-state index is 13.0. The van der Waals surface area contributed by atoms with Crippen molar-refractivity contribution in [2.75, 3.05) is 43.1 Å². The van der Waals surface area contributed by atoms with Gasteiger partial charge in [0.25, 0.3) is 12.3 Å². The highest BCUT2D eigenvalue weighted by atomic mass is 19.4. The van der Waals surface area contributed by atoms with E-state index in [4.69, 9.17) is 4.74 Å². The van der Waals surface area contributed by atoms with E-state index in [-0.39, 0.29) is 22.6 Å². The lowest BCUT2D eigenvalue weighted by Crippen LogP contribution is -2.58. The third kappa shape index (κ3) is 3.84. The summed E-state index contributed by atoms with van der Waals surface area (Å²) in [4.78, 5) is 20.0. The Kier molecular flexibility index (Phi) is 5.20. The first-order valence-corrected chi connectivity index (χ1v) is 10.5. The minimum atomic E-state index is -4.58. The lowest BCUT2D eigenvalue weighted by atomic mass is 9.78. The molecule has 0 aromatic carbocycles. The van der Waals surface area contributed by atoms with Crippen LogP contribution in [0.4, 0.5) is 33.5 Å². The van der Waals surface area contributed by atoms with Gasteiger partial charge in [0, 0.05) is 31.6 Å². The van der Waals surface area contributed by atoms with Crippen LogP contribution in [0.2, 0.25) is 0 Å². The highest BCUT2D eigenvalue weighted by molar-refractivity contribution is 5.78. The van der Waals surface area contributed by atoms with E-state index in [1.54, 1.807) is 13.1 Å². The number of ether oxygens (including phenoxy) is 1. The Bertz CT molecular complexity index is 1220. The number of fused-ring (bicyclic) bond motifs is 1. The van der Waals surface area contributed by atoms with Gasteiger partial charge in [-0.2, -0.15) is 13.2 Å². The molecule has 0 bridgehead atoms. The van der Waals surface area contributed by atoms with E-state index in [0.29, 0.717) is 43.2 Å². The van der Waals surface area contributed by atoms with Crippen LogP contribution < -0.4 is 14.5 Å². The monoisotopic (exact) mass is 484 g/mol. The molecule has 0 unspecified atom stereocenters. The molecule has 0 saturated carbocycles.